The van der Waals surface area contributed by atoms with Gasteiger partial charge in [-0.1, -0.05) is 25.5 Å². The van der Waals surface area contributed by atoms with Gasteiger partial charge < -0.3 is 14.4 Å². The summed E-state index contributed by atoms with van der Waals surface area (Å²) in [6.07, 6.45) is 1.58. The molecule has 0 heterocycles. The predicted molar refractivity (Wildman–Crippen MR) is 91.5 cm³/mol. The first kappa shape index (κ1) is 17.3. The van der Waals surface area contributed by atoms with Crippen molar-refractivity contribution >= 4 is 11.1 Å². The van der Waals surface area contributed by atoms with Crippen molar-refractivity contribution in [3.05, 3.63) is 46.5 Å². The summed E-state index contributed by atoms with van der Waals surface area (Å²) in [5.41, 5.74) is 3.21. The predicted octanol–water partition coefficient (Wildman–Crippen LogP) is 4.08. The monoisotopic (exact) mass is 334 g/mol. The van der Waals surface area contributed by atoms with E-state index in [1.165, 1.54) is 0 Å². The Morgan fingerprint density at radius 1 is 1.00 bits per heavy atom. The summed E-state index contributed by atoms with van der Waals surface area (Å²) in [7, 11) is 0. The fourth-order valence-electron chi connectivity index (χ4n) is 2.52. The third-order valence-corrected chi connectivity index (χ3v) is 4.57. The average molecular weight is 334 g/mol. The molecule has 0 saturated heterocycles. The van der Waals surface area contributed by atoms with E-state index in [2.05, 4.69) is 0 Å². The molecule has 5 heteroatoms. The fourth-order valence-corrected chi connectivity index (χ4v) is 3.47. The van der Waals surface area contributed by atoms with Crippen LogP contribution in [0.2, 0.25) is 0 Å². The minimum absolute atomic E-state index is 0.000326. The maximum Gasteiger partial charge on any atom is 0.244 e. The van der Waals surface area contributed by atoms with Crippen LogP contribution >= 0.6 is 0 Å². The zero-order valence-electron chi connectivity index (χ0n) is 13.8. The largest absolute Gasteiger partial charge is 0.506 e. The van der Waals surface area contributed by atoms with Gasteiger partial charge in [-0.3, -0.25) is 0 Å². The SMILES string of the molecule is CCCc1cc(C)cc(S(=O)Oc2cc(C)cc(C)c2O)c1O. The molecule has 4 nitrogen and oxygen atoms in total. The normalized spacial score (nSPS) is 12.2. The van der Waals surface area contributed by atoms with Crippen LogP contribution in [-0.4, -0.2) is 14.4 Å². The summed E-state index contributed by atoms with van der Waals surface area (Å²) in [5, 5.41) is 20.4. The number of hydrogen-bond acceptors (Lipinski definition) is 4. The van der Waals surface area contributed by atoms with E-state index in [1.54, 1.807) is 19.1 Å². The number of aromatic hydroxyl groups is 2. The van der Waals surface area contributed by atoms with Crippen LogP contribution in [0, 0.1) is 20.8 Å². The van der Waals surface area contributed by atoms with Crippen molar-refractivity contribution < 1.29 is 18.6 Å². The highest BCUT2D eigenvalue weighted by Crippen LogP contribution is 2.34. The Morgan fingerprint density at radius 3 is 2.30 bits per heavy atom. The Balaban J connectivity index is 2.39. The van der Waals surface area contributed by atoms with E-state index in [1.807, 2.05) is 32.9 Å². The van der Waals surface area contributed by atoms with Crippen LogP contribution in [0.5, 0.6) is 17.2 Å². The zero-order chi connectivity index (χ0) is 17.1. The van der Waals surface area contributed by atoms with Crippen molar-refractivity contribution in [1.29, 1.82) is 0 Å². The van der Waals surface area contributed by atoms with Gasteiger partial charge in [0, 0.05) is 0 Å². The molecule has 0 aliphatic carbocycles. The van der Waals surface area contributed by atoms with E-state index in [4.69, 9.17) is 4.18 Å². The minimum Gasteiger partial charge on any atom is -0.506 e. The molecule has 1 atom stereocenters. The topological polar surface area (TPSA) is 66.8 Å². The zero-order valence-corrected chi connectivity index (χ0v) is 14.7. The molecule has 0 fully saturated rings. The second-order valence-corrected chi connectivity index (χ2v) is 6.84. The van der Waals surface area contributed by atoms with Crippen LogP contribution in [0.25, 0.3) is 0 Å². The van der Waals surface area contributed by atoms with Crippen LogP contribution in [0.15, 0.2) is 29.2 Å². The molecular weight excluding hydrogens is 312 g/mol. The highest BCUT2D eigenvalue weighted by Gasteiger charge is 2.18. The van der Waals surface area contributed by atoms with E-state index >= 15 is 0 Å². The van der Waals surface area contributed by atoms with Crippen molar-refractivity contribution in [2.24, 2.45) is 0 Å². The van der Waals surface area contributed by atoms with E-state index in [0.717, 1.165) is 23.1 Å². The molecule has 2 aromatic carbocycles. The molecule has 0 aliphatic rings. The van der Waals surface area contributed by atoms with Crippen molar-refractivity contribution in [3.8, 4) is 17.2 Å². The summed E-state index contributed by atoms with van der Waals surface area (Å²) in [6.45, 7) is 7.52. The van der Waals surface area contributed by atoms with Crippen LogP contribution in [0.1, 0.15) is 35.6 Å². The molecule has 0 spiro atoms. The molecule has 0 bridgehead atoms. The Hall–Kier alpha value is -2.01. The standard InChI is InChI=1S/C18H22O4S/c1-5-6-14-8-12(3)10-16(18(14)20)23(21)22-15-9-11(2)7-13(4)17(15)19/h7-10,19-20H,5-6H2,1-4H3. The summed E-state index contributed by atoms with van der Waals surface area (Å²) >= 11 is -1.91. The first-order chi connectivity index (χ1) is 10.8. The average Bonchev–Trinajstić information content (AvgIpc) is 2.47. The van der Waals surface area contributed by atoms with Gasteiger partial charge in [0.1, 0.15) is 10.6 Å². The van der Waals surface area contributed by atoms with Crippen LogP contribution in [0.4, 0.5) is 0 Å². The molecular formula is C18H22O4S. The lowest BCUT2D eigenvalue weighted by Gasteiger charge is -2.13. The maximum absolute atomic E-state index is 12.5. The van der Waals surface area contributed by atoms with Gasteiger partial charge in [-0.25, -0.2) is 4.21 Å². The van der Waals surface area contributed by atoms with Gasteiger partial charge in [-0.15, -0.1) is 0 Å². The molecule has 0 aromatic heterocycles. The van der Waals surface area contributed by atoms with Gasteiger partial charge in [-0.05, 0) is 61.6 Å². The van der Waals surface area contributed by atoms with E-state index in [-0.39, 0.29) is 22.1 Å². The number of rotatable bonds is 5. The van der Waals surface area contributed by atoms with Gasteiger partial charge in [0.15, 0.2) is 11.5 Å². The molecule has 0 amide bonds. The molecule has 2 rings (SSSR count). The Morgan fingerprint density at radius 2 is 1.65 bits per heavy atom. The number of aryl methyl sites for hydroxylation is 4. The highest BCUT2D eigenvalue weighted by atomic mass is 32.2. The Kier molecular flexibility index (Phi) is 5.31. The van der Waals surface area contributed by atoms with E-state index < -0.39 is 11.1 Å². The fraction of sp³-hybridized carbons (Fsp3) is 0.333. The number of benzene rings is 2. The number of phenols is 2. The van der Waals surface area contributed by atoms with Crippen molar-refractivity contribution in [3.63, 3.8) is 0 Å². The third-order valence-electron chi connectivity index (χ3n) is 3.57. The molecule has 0 radical (unpaired) electrons. The highest BCUT2D eigenvalue weighted by molar-refractivity contribution is 7.80. The van der Waals surface area contributed by atoms with Gasteiger partial charge in [-0.2, -0.15) is 0 Å². The van der Waals surface area contributed by atoms with Gasteiger partial charge in [0.05, 0.1) is 0 Å². The van der Waals surface area contributed by atoms with Crippen LogP contribution in [-0.2, 0) is 17.5 Å². The van der Waals surface area contributed by atoms with Crippen LogP contribution < -0.4 is 4.18 Å². The second-order valence-electron chi connectivity index (χ2n) is 5.77. The first-order valence-electron chi connectivity index (χ1n) is 7.56. The summed E-state index contributed by atoms with van der Waals surface area (Å²) < 4.78 is 18.0. The van der Waals surface area contributed by atoms with Crippen molar-refractivity contribution in [2.75, 3.05) is 0 Å². The van der Waals surface area contributed by atoms with Gasteiger partial charge in [0.2, 0.25) is 11.1 Å². The van der Waals surface area contributed by atoms with Crippen LogP contribution in [0.3, 0.4) is 0 Å². The van der Waals surface area contributed by atoms with E-state index in [0.29, 0.717) is 12.0 Å². The smallest absolute Gasteiger partial charge is 0.244 e. The summed E-state index contributed by atoms with van der Waals surface area (Å²) in [6, 6.07) is 6.97. The maximum atomic E-state index is 12.5. The Labute approximate surface area is 139 Å². The molecule has 1 unspecified atom stereocenters. The Bertz CT molecular complexity index is 753. The van der Waals surface area contributed by atoms with Crippen molar-refractivity contribution in [2.45, 2.75) is 45.4 Å². The first-order valence-corrected chi connectivity index (χ1v) is 8.63. The summed E-state index contributed by atoms with van der Waals surface area (Å²) in [4.78, 5) is 0.229. The van der Waals surface area contributed by atoms with Crippen molar-refractivity contribution in [1.82, 2.24) is 0 Å². The second kappa shape index (κ2) is 7.04. The summed E-state index contributed by atoms with van der Waals surface area (Å²) in [5.74, 6) is 0.114. The third kappa shape index (κ3) is 3.85. The van der Waals surface area contributed by atoms with Gasteiger partial charge in [0.25, 0.3) is 0 Å². The molecule has 0 saturated carbocycles. The lowest BCUT2D eigenvalue weighted by Crippen LogP contribution is -2.04. The number of phenolic OH excluding ortho intramolecular Hbond substituents is 2. The quantitative estimate of drug-likeness (QED) is 0.865. The lowest BCUT2D eigenvalue weighted by molar-refractivity contribution is 0.433. The molecule has 124 valence electrons. The number of hydrogen-bond donors (Lipinski definition) is 2. The molecule has 23 heavy (non-hydrogen) atoms. The van der Waals surface area contributed by atoms with E-state index in [9.17, 15) is 14.4 Å². The molecule has 2 aromatic rings. The lowest BCUT2D eigenvalue weighted by atomic mass is 10.1. The molecule has 0 aliphatic heterocycles. The molecule has 2 N–H and O–H groups in total. The van der Waals surface area contributed by atoms with Gasteiger partial charge >= 0.3 is 0 Å². The minimum atomic E-state index is -1.91.